The standard InChI is InChI=1S/C19H30N4O/c1-19(20,17-4-3-9-21-14-17)18(24)23-12-7-16(8-13-23)15-5-10-22(2)11-6-15/h3-4,9,14-16H,5-8,10-13,20H2,1-2H3/t19-/m0/s1. The molecule has 2 saturated heterocycles. The Morgan fingerprint density at radius 2 is 1.75 bits per heavy atom. The maximum atomic E-state index is 12.9. The minimum atomic E-state index is -0.991. The lowest BCUT2D eigenvalue weighted by molar-refractivity contribution is -0.138. The maximum Gasteiger partial charge on any atom is 0.247 e. The number of piperidine rings is 2. The van der Waals surface area contributed by atoms with Gasteiger partial charge in [0.1, 0.15) is 5.54 Å². The van der Waals surface area contributed by atoms with E-state index in [1.807, 2.05) is 17.0 Å². The number of amides is 1. The Morgan fingerprint density at radius 1 is 1.17 bits per heavy atom. The first-order chi connectivity index (χ1) is 11.5. The number of hydrogen-bond donors (Lipinski definition) is 1. The second-order valence-electron chi connectivity index (χ2n) is 7.71. The first kappa shape index (κ1) is 17.4. The predicted octanol–water partition coefficient (Wildman–Crippen LogP) is 1.84. The molecule has 3 rings (SSSR count). The molecule has 0 spiro atoms. The normalized spacial score (nSPS) is 23.9. The Balaban J connectivity index is 1.57. The smallest absolute Gasteiger partial charge is 0.247 e. The van der Waals surface area contributed by atoms with Crippen molar-refractivity contribution in [1.29, 1.82) is 0 Å². The van der Waals surface area contributed by atoms with Crippen LogP contribution in [0.25, 0.3) is 0 Å². The average molecular weight is 330 g/mol. The van der Waals surface area contributed by atoms with E-state index in [9.17, 15) is 4.79 Å². The monoisotopic (exact) mass is 330 g/mol. The molecular formula is C19H30N4O. The van der Waals surface area contributed by atoms with Gasteiger partial charge in [-0.05, 0) is 76.2 Å². The van der Waals surface area contributed by atoms with Crippen molar-refractivity contribution in [3.8, 4) is 0 Å². The third-order valence-electron chi connectivity index (χ3n) is 5.96. The molecule has 24 heavy (non-hydrogen) atoms. The van der Waals surface area contributed by atoms with E-state index in [-0.39, 0.29) is 5.91 Å². The van der Waals surface area contributed by atoms with E-state index >= 15 is 0 Å². The van der Waals surface area contributed by atoms with Crippen LogP contribution in [0.1, 0.15) is 38.2 Å². The van der Waals surface area contributed by atoms with Crippen molar-refractivity contribution < 1.29 is 4.79 Å². The number of rotatable bonds is 3. The van der Waals surface area contributed by atoms with Crippen molar-refractivity contribution in [2.45, 2.75) is 38.1 Å². The van der Waals surface area contributed by atoms with Crippen LogP contribution in [0.15, 0.2) is 24.5 Å². The van der Waals surface area contributed by atoms with Crippen molar-refractivity contribution in [2.24, 2.45) is 17.6 Å². The van der Waals surface area contributed by atoms with Gasteiger partial charge in [-0.3, -0.25) is 9.78 Å². The highest BCUT2D eigenvalue weighted by molar-refractivity contribution is 5.87. The Bertz CT molecular complexity index is 544. The van der Waals surface area contributed by atoms with Crippen molar-refractivity contribution in [3.63, 3.8) is 0 Å². The number of carbonyl (C=O) groups excluding carboxylic acids is 1. The molecule has 0 radical (unpaired) electrons. The predicted molar refractivity (Wildman–Crippen MR) is 95.3 cm³/mol. The topological polar surface area (TPSA) is 62.5 Å². The number of nitrogens with zero attached hydrogens (tertiary/aromatic N) is 3. The van der Waals surface area contributed by atoms with Gasteiger partial charge in [-0.15, -0.1) is 0 Å². The van der Waals surface area contributed by atoms with Crippen LogP contribution in [0.4, 0.5) is 0 Å². The molecule has 1 atom stereocenters. The molecule has 0 unspecified atom stereocenters. The molecule has 0 aliphatic carbocycles. The zero-order valence-corrected chi connectivity index (χ0v) is 14.9. The number of pyridine rings is 1. The summed E-state index contributed by atoms with van der Waals surface area (Å²) in [7, 11) is 2.21. The lowest BCUT2D eigenvalue weighted by atomic mass is 9.78. The average Bonchev–Trinajstić information content (AvgIpc) is 2.62. The van der Waals surface area contributed by atoms with Gasteiger partial charge in [-0.25, -0.2) is 0 Å². The quantitative estimate of drug-likeness (QED) is 0.918. The van der Waals surface area contributed by atoms with Gasteiger partial charge in [-0.1, -0.05) is 6.07 Å². The molecule has 0 bridgehead atoms. The van der Waals surface area contributed by atoms with Crippen LogP contribution >= 0.6 is 0 Å². The largest absolute Gasteiger partial charge is 0.341 e. The van der Waals surface area contributed by atoms with E-state index in [4.69, 9.17) is 5.73 Å². The van der Waals surface area contributed by atoms with Gasteiger partial charge in [-0.2, -0.15) is 0 Å². The zero-order valence-electron chi connectivity index (χ0n) is 14.9. The third kappa shape index (κ3) is 3.62. The highest BCUT2D eigenvalue weighted by Gasteiger charge is 2.37. The van der Waals surface area contributed by atoms with Gasteiger partial charge in [0.25, 0.3) is 0 Å². The number of nitrogens with two attached hydrogens (primary N) is 1. The fourth-order valence-corrected chi connectivity index (χ4v) is 4.20. The molecule has 132 valence electrons. The lowest BCUT2D eigenvalue weighted by Crippen LogP contribution is -2.53. The molecule has 2 fully saturated rings. The van der Waals surface area contributed by atoms with Crippen molar-refractivity contribution in [2.75, 3.05) is 33.2 Å². The van der Waals surface area contributed by atoms with Gasteiger partial charge in [0.05, 0.1) is 0 Å². The molecule has 2 N–H and O–H groups in total. The zero-order chi connectivity index (χ0) is 17.2. The summed E-state index contributed by atoms with van der Waals surface area (Å²) >= 11 is 0. The van der Waals surface area contributed by atoms with Crippen LogP contribution in [-0.2, 0) is 10.3 Å². The van der Waals surface area contributed by atoms with E-state index in [2.05, 4.69) is 16.9 Å². The van der Waals surface area contributed by atoms with Crippen molar-refractivity contribution in [3.05, 3.63) is 30.1 Å². The third-order valence-corrected chi connectivity index (χ3v) is 5.96. The molecule has 2 aliphatic rings. The maximum absolute atomic E-state index is 12.9. The summed E-state index contributed by atoms with van der Waals surface area (Å²) in [6.45, 7) is 5.90. The molecule has 5 nitrogen and oxygen atoms in total. The van der Waals surface area contributed by atoms with Crippen LogP contribution in [-0.4, -0.2) is 53.9 Å². The molecule has 1 aromatic heterocycles. The lowest BCUT2D eigenvalue weighted by Gasteiger charge is -2.41. The van der Waals surface area contributed by atoms with Gasteiger partial charge < -0.3 is 15.5 Å². The highest BCUT2D eigenvalue weighted by atomic mass is 16.2. The van der Waals surface area contributed by atoms with Gasteiger partial charge in [0.15, 0.2) is 0 Å². The van der Waals surface area contributed by atoms with E-state index in [0.717, 1.165) is 43.3 Å². The van der Waals surface area contributed by atoms with E-state index in [1.165, 1.54) is 25.9 Å². The molecule has 0 saturated carbocycles. The number of hydrogen-bond acceptors (Lipinski definition) is 4. The summed E-state index contributed by atoms with van der Waals surface area (Å²) in [5.74, 6) is 1.63. The first-order valence-corrected chi connectivity index (χ1v) is 9.16. The van der Waals surface area contributed by atoms with E-state index in [1.54, 1.807) is 19.3 Å². The second-order valence-corrected chi connectivity index (χ2v) is 7.71. The fourth-order valence-electron chi connectivity index (χ4n) is 4.20. The summed E-state index contributed by atoms with van der Waals surface area (Å²) in [5.41, 5.74) is 6.16. The Morgan fingerprint density at radius 3 is 2.29 bits per heavy atom. The summed E-state index contributed by atoms with van der Waals surface area (Å²) in [6.07, 6.45) is 8.24. The SMILES string of the molecule is CN1CCC(C2CCN(C(=O)[C@@](C)(N)c3cccnc3)CC2)CC1. The summed E-state index contributed by atoms with van der Waals surface area (Å²) in [5, 5.41) is 0. The molecule has 2 aliphatic heterocycles. The molecular weight excluding hydrogens is 300 g/mol. The Kier molecular flexibility index (Phi) is 5.21. The molecule has 5 heteroatoms. The Hall–Kier alpha value is -1.46. The number of aromatic nitrogens is 1. The van der Waals surface area contributed by atoms with Crippen molar-refractivity contribution in [1.82, 2.24) is 14.8 Å². The number of carbonyl (C=O) groups is 1. The summed E-state index contributed by atoms with van der Waals surface area (Å²) in [6, 6.07) is 3.72. The van der Waals surface area contributed by atoms with E-state index in [0.29, 0.717) is 0 Å². The van der Waals surface area contributed by atoms with Crippen LogP contribution in [0.3, 0.4) is 0 Å². The second kappa shape index (κ2) is 7.19. The van der Waals surface area contributed by atoms with Crippen LogP contribution in [0, 0.1) is 11.8 Å². The fraction of sp³-hybridized carbons (Fsp3) is 0.684. The highest BCUT2D eigenvalue weighted by Crippen LogP contribution is 2.33. The van der Waals surface area contributed by atoms with Crippen LogP contribution < -0.4 is 5.73 Å². The van der Waals surface area contributed by atoms with Crippen molar-refractivity contribution >= 4 is 5.91 Å². The first-order valence-electron chi connectivity index (χ1n) is 9.16. The minimum Gasteiger partial charge on any atom is -0.341 e. The molecule has 0 aromatic carbocycles. The molecule has 1 aromatic rings. The number of likely N-dealkylation sites (tertiary alicyclic amines) is 2. The van der Waals surface area contributed by atoms with Crippen LogP contribution in [0.5, 0.6) is 0 Å². The van der Waals surface area contributed by atoms with Gasteiger partial charge in [0, 0.05) is 25.5 Å². The Labute approximate surface area is 145 Å². The van der Waals surface area contributed by atoms with Gasteiger partial charge >= 0.3 is 0 Å². The van der Waals surface area contributed by atoms with Gasteiger partial charge in [0.2, 0.25) is 5.91 Å². The molecule has 1 amide bonds. The summed E-state index contributed by atoms with van der Waals surface area (Å²) < 4.78 is 0. The molecule has 3 heterocycles. The minimum absolute atomic E-state index is 0.0253. The van der Waals surface area contributed by atoms with Crippen LogP contribution in [0.2, 0.25) is 0 Å². The van der Waals surface area contributed by atoms with E-state index < -0.39 is 5.54 Å². The summed E-state index contributed by atoms with van der Waals surface area (Å²) in [4.78, 5) is 21.4.